The van der Waals surface area contributed by atoms with E-state index in [1.165, 1.54) is 16.2 Å². The Labute approximate surface area is 133 Å². The highest BCUT2D eigenvalue weighted by Crippen LogP contribution is 2.25. The van der Waals surface area contributed by atoms with Gasteiger partial charge in [0, 0.05) is 5.70 Å². The molecule has 2 rings (SSSR count). The number of hydroxylamine groups is 1. The Morgan fingerprint density at radius 1 is 0.955 bits per heavy atom. The summed E-state index contributed by atoms with van der Waals surface area (Å²) in [6, 6.07) is 16.1. The predicted molar refractivity (Wildman–Crippen MR) is 94.0 cm³/mol. The summed E-state index contributed by atoms with van der Waals surface area (Å²) >= 11 is 0. The number of allylic oxidation sites excluding steroid dienone is 4. The molecule has 1 N–H and O–H groups in total. The number of aryl methyl sites for hydroxylation is 2. The van der Waals surface area contributed by atoms with Crippen LogP contribution in [0.4, 0.5) is 5.69 Å². The highest BCUT2D eigenvalue weighted by atomic mass is 16.5. The van der Waals surface area contributed by atoms with Crippen molar-refractivity contribution in [3.05, 3.63) is 83.1 Å². The number of hydrogen-bond acceptors (Lipinski definition) is 2. The van der Waals surface area contributed by atoms with E-state index in [4.69, 9.17) is 0 Å². The average Bonchev–Trinajstić information content (AvgIpc) is 2.53. The number of anilines is 1. The molecule has 0 saturated heterocycles. The van der Waals surface area contributed by atoms with Crippen molar-refractivity contribution in [1.82, 2.24) is 0 Å². The largest absolute Gasteiger partial charge is 0.284 e. The van der Waals surface area contributed by atoms with Crippen LogP contribution >= 0.6 is 0 Å². The first kappa shape index (κ1) is 16.1. The lowest BCUT2D eigenvalue weighted by Crippen LogP contribution is -2.16. The standard InChI is InChI=1S/C20H23NO/c1-5-18(19-12-8-6-10-15(19)2)14-17(4)21(22)20-13-9-7-11-16(20)3/h5-14,22H,1-4H3/b17-14+,18-5-. The molecule has 0 aliphatic carbocycles. The third-order valence-electron chi connectivity index (χ3n) is 3.81. The first-order chi connectivity index (χ1) is 10.5. The summed E-state index contributed by atoms with van der Waals surface area (Å²) in [7, 11) is 0. The van der Waals surface area contributed by atoms with Gasteiger partial charge < -0.3 is 0 Å². The molecule has 0 amide bonds. The second-order valence-electron chi connectivity index (χ2n) is 5.44. The van der Waals surface area contributed by atoms with Gasteiger partial charge in [-0.25, -0.2) is 5.06 Å². The zero-order valence-corrected chi connectivity index (χ0v) is 13.7. The molecule has 0 radical (unpaired) electrons. The molecule has 2 heteroatoms. The summed E-state index contributed by atoms with van der Waals surface area (Å²) in [4.78, 5) is 0. The van der Waals surface area contributed by atoms with Gasteiger partial charge in [-0.05, 0) is 62.1 Å². The van der Waals surface area contributed by atoms with Crippen LogP contribution in [0.3, 0.4) is 0 Å². The van der Waals surface area contributed by atoms with Crippen LogP contribution in [0.15, 0.2) is 66.4 Å². The molecular weight excluding hydrogens is 270 g/mol. The molecule has 0 saturated carbocycles. The number of nitrogens with zero attached hydrogens (tertiary/aromatic N) is 1. The second-order valence-corrected chi connectivity index (χ2v) is 5.44. The van der Waals surface area contributed by atoms with Crippen LogP contribution in [0.25, 0.3) is 5.57 Å². The van der Waals surface area contributed by atoms with E-state index in [1.54, 1.807) is 0 Å². The third-order valence-corrected chi connectivity index (χ3v) is 3.81. The highest BCUT2D eigenvalue weighted by Gasteiger charge is 2.09. The van der Waals surface area contributed by atoms with Gasteiger partial charge in [-0.3, -0.25) is 5.21 Å². The van der Waals surface area contributed by atoms with Crippen molar-refractivity contribution in [2.24, 2.45) is 0 Å². The molecule has 0 aromatic heterocycles. The smallest absolute Gasteiger partial charge is 0.0718 e. The Hall–Kier alpha value is -2.32. The Balaban J connectivity index is 2.35. The van der Waals surface area contributed by atoms with Gasteiger partial charge >= 0.3 is 0 Å². The van der Waals surface area contributed by atoms with Crippen LogP contribution in [0.1, 0.15) is 30.5 Å². The average molecular weight is 293 g/mol. The van der Waals surface area contributed by atoms with Crippen molar-refractivity contribution in [3.8, 4) is 0 Å². The minimum absolute atomic E-state index is 0.783. The first-order valence-electron chi connectivity index (χ1n) is 7.50. The van der Waals surface area contributed by atoms with Crippen LogP contribution in [-0.4, -0.2) is 5.21 Å². The molecule has 0 fully saturated rings. The molecule has 22 heavy (non-hydrogen) atoms. The second kappa shape index (κ2) is 7.10. The maximum atomic E-state index is 10.5. The van der Waals surface area contributed by atoms with E-state index in [0.29, 0.717) is 0 Å². The summed E-state index contributed by atoms with van der Waals surface area (Å²) in [5, 5.41) is 11.7. The van der Waals surface area contributed by atoms with Crippen molar-refractivity contribution in [1.29, 1.82) is 0 Å². The summed E-state index contributed by atoms with van der Waals surface area (Å²) in [5.74, 6) is 0. The first-order valence-corrected chi connectivity index (χ1v) is 7.50. The predicted octanol–water partition coefficient (Wildman–Crippen LogP) is 5.51. The van der Waals surface area contributed by atoms with Crippen LogP contribution in [0.5, 0.6) is 0 Å². The molecule has 0 unspecified atom stereocenters. The lowest BCUT2D eigenvalue weighted by Gasteiger charge is -2.20. The van der Waals surface area contributed by atoms with Crippen molar-refractivity contribution >= 4 is 11.3 Å². The maximum absolute atomic E-state index is 10.5. The molecule has 2 nitrogen and oxygen atoms in total. The van der Waals surface area contributed by atoms with Crippen LogP contribution in [-0.2, 0) is 0 Å². The summed E-state index contributed by atoms with van der Waals surface area (Å²) in [6.07, 6.45) is 4.08. The van der Waals surface area contributed by atoms with E-state index in [1.807, 2.05) is 63.2 Å². The molecule has 0 bridgehead atoms. The summed E-state index contributed by atoms with van der Waals surface area (Å²) in [6.45, 7) is 8.01. The lowest BCUT2D eigenvalue weighted by atomic mass is 9.99. The Morgan fingerprint density at radius 3 is 2.14 bits per heavy atom. The zero-order chi connectivity index (χ0) is 16.1. The minimum atomic E-state index is 0.783. The Kier molecular flexibility index (Phi) is 5.18. The number of para-hydroxylation sites is 1. The topological polar surface area (TPSA) is 23.5 Å². The fraction of sp³-hybridized carbons (Fsp3) is 0.200. The molecule has 0 aliphatic rings. The van der Waals surface area contributed by atoms with E-state index >= 15 is 0 Å². The molecule has 0 heterocycles. The number of rotatable bonds is 4. The van der Waals surface area contributed by atoms with Crippen LogP contribution < -0.4 is 5.06 Å². The van der Waals surface area contributed by atoms with Crippen LogP contribution in [0, 0.1) is 13.8 Å². The molecule has 0 aliphatic heterocycles. The lowest BCUT2D eigenvalue weighted by molar-refractivity contribution is 0.283. The monoisotopic (exact) mass is 293 g/mol. The minimum Gasteiger partial charge on any atom is -0.284 e. The van der Waals surface area contributed by atoms with Crippen LogP contribution in [0.2, 0.25) is 0 Å². The summed E-state index contributed by atoms with van der Waals surface area (Å²) in [5.41, 5.74) is 6.13. The van der Waals surface area contributed by atoms with E-state index in [-0.39, 0.29) is 0 Å². The maximum Gasteiger partial charge on any atom is 0.0718 e. The van der Waals surface area contributed by atoms with Crippen molar-refractivity contribution in [2.45, 2.75) is 27.7 Å². The van der Waals surface area contributed by atoms with Gasteiger partial charge in [-0.1, -0.05) is 48.5 Å². The fourth-order valence-corrected chi connectivity index (χ4v) is 2.49. The number of hydrogen-bond donors (Lipinski definition) is 1. The summed E-state index contributed by atoms with van der Waals surface area (Å²) < 4.78 is 0. The molecule has 2 aromatic carbocycles. The normalized spacial score (nSPS) is 12.4. The molecule has 0 atom stereocenters. The Bertz CT molecular complexity index is 713. The van der Waals surface area contributed by atoms with Gasteiger partial charge in [-0.2, -0.15) is 0 Å². The Morgan fingerprint density at radius 2 is 1.55 bits per heavy atom. The quantitative estimate of drug-likeness (QED) is 0.594. The van der Waals surface area contributed by atoms with Gasteiger partial charge in [0.1, 0.15) is 0 Å². The van der Waals surface area contributed by atoms with Gasteiger partial charge in [0.25, 0.3) is 0 Å². The molecule has 2 aromatic rings. The van der Waals surface area contributed by atoms with E-state index in [0.717, 1.165) is 22.5 Å². The number of benzene rings is 2. The molecule has 114 valence electrons. The zero-order valence-electron chi connectivity index (χ0n) is 13.7. The molecular formula is C20H23NO. The fourth-order valence-electron chi connectivity index (χ4n) is 2.49. The van der Waals surface area contributed by atoms with E-state index in [9.17, 15) is 5.21 Å². The van der Waals surface area contributed by atoms with Crippen molar-refractivity contribution in [2.75, 3.05) is 5.06 Å². The van der Waals surface area contributed by atoms with Gasteiger partial charge in [0.05, 0.1) is 5.69 Å². The van der Waals surface area contributed by atoms with Crippen molar-refractivity contribution in [3.63, 3.8) is 0 Å². The highest BCUT2D eigenvalue weighted by molar-refractivity contribution is 5.77. The third kappa shape index (κ3) is 3.46. The van der Waals surface area contributed by atoms with E-state index < -0.39 is 0 Å². The SMILES string of the molecule is C/C=C(/C=C(\C)N(O)c1ccccc1C)c1ccccc1C. The van der Waals surface area contributed by atoms with Gasteiger partial charge in [-0.15, -0.1) is 0 Å². The molecule has 0 spiro atoms. The van der Waals surface area contributed by atoms with Gasteiger partial charge in [0.2, 0.25) is 0 Å². The van der Waals surface area contributed by atoms with Gasteiger partial charge in [0.15, 0.2) is 0 Å². The van der Waals surface area contributed by atoms with Crippen molar-refractivity contribution < 1.29 is 5.21 Å². The van der Waals surface area contributed by atoms with E-state index in [2.05, 4.69) is 25.1 Å².